The van der Waals surface area contributed by atoms with Crippen LogP contribution in [-0.4, -0.2) is 67.7 Å². The second-order valence-electron chi connectivity index (χ2n) is 9.35. The largest absolute Gasteiger partial charge is 0.383 e. The molecule has 3 N–H and O–H groups in total. The average Bonchev–Trinajstić information content (AvgIpc) is 3.55. The highest BCUT2D eigenvalue weighted by molar-refractivity contribution is 5.99. The fourth-order valence-electron chi connectivity index (χ4n) is 4.71. The first-order valence-electron chi connectivity index (χ1n) is 12.8. The molecular weight excluding hydrogens is 480 g/mol. The van der Waals surface area contributed by atoms with Crippen LogP contribution in [0.3, 0.4) is 0 Å². The molecule has 0 amide bonds. The Labute approximate surface area is 220 Å². The lowest BCUT2D eigenvalue weighted by molar-refractivity contribution is -0.108. The van der Waals surface area contributed by atoms with Gasteiger partial charge in [0.05, 0.1) is 18.5 Å². The van der Waals surface area contributed by atoms with Crippen molar-refractivity contribution in [1.29, 1.82) is 0 Å². The molecule has 1 aliphatic heterocycles. The lowest BCUT2D eigenvalue weighted by Crippen LogP contribution is -2.26. The van der Waals surface area contributed by atoms with Crippen molar-refractivity contribution < 1.29 is 9.53 Å². The standard InChI is InChI=1S/C23H22N8.C5H10O2/c1-30-7-5-15-8-14(2-3-17(15)12-30)11-31-23-19(21(24)27-13-28-23)20(29-31)18-9-16-4-6-25-22(16)26-10-18;1-2-7-5-3-4-6/h2-4,6,8-10,13H,5,7,11-12H2,1H3,(H,25,26)(H2,24,27,28);4H,2-3,5H2,1H3. The third-order valence-electron chi connectivity index (χ3n) is 6.62. The molecule has 1 aromatic carbocycles. The van der Waals surface area contributed by atoms with Gasteiger partial charge in [0, 0.05) is 49.5 Å². The van der Waals surface area contributed by atoms with Gasteiger partial charge in [0.15, 0.2) is 5.65 Å². The number of nitrogens with zero attached hydrogens (tertiary/aromatic N) is 6. The molecule has 0 bridgehead atoms. The Morgan fingerprint density at radius 1 is 1.16 bits per heavy atom. The van der Waals surface area contributed by atoms with Crippen LogP contribution in [0, 0.1) is 0 Å². The molecule has 0 aliphatic carbocycles. The minimum atomic E-state index is 0.425. The number of pyridine rings is 1. The van der Waals surface area contributed by atoms with Gasteiger partial charge in [0.1, 0.15) is 29.8 Å². The van der Waals surface area contributed by atoms with Gasteiger partial charge in [-0.2, -0.15) is 5.10 Å². The molecule has 0 radical (unpaired) electrons. The van der Waals surface area contributed by atoms with Crippen LogP contribution in [0.25, 0.3) is 33.3 Å². The molecule has 0 atom stereocenters. The minimum Gasteiger partial charge on any atom is -0.383 e. The number of nitrogens with two attached hydrogens (primary N) is 1. The van der Waals surface area contributed by atoms with E-state index in [0.29, 0.717) is 32.0 Å². The highest BCUT2D eigenvalue weighted by Crippen LogP contribution is 2.31. The molecule has 196 valence electrons. The molecule has 0 fully saturated rings. The van der Waals surface area contributed by atoms with E-state index in [1.54, 1.807) is 0 Å². The molecule has 6 rings (SSSR count). The maximum Gasteiger partial charge on any atom is 0.164 e. The number of ether oxygens (including phenoxy) is 1. The highest BCUT2D eigenvalue weighted by Gasteiger charge is 2.19. The summed E-state index contributed by atoms with van der Waals surface area (Å²) in [4.78, 5) is 28.3. The molecule has 4 aromatic heterocycles. The normalized spacial score (nSPS) is 13.3. The van der Waals surface area contributed by atoms with E-state index in [4.69, 9.17) is 15.6 Å². The summed E-state index contributed by atoms with van der Waals surface area (Å²) in [5.41, 5.74) is 13.5. The summed E-state index contributed by atoms with van der Waals surface area (Å²) in [7, 11) is 2.16. The molecule has 10 nitrogen and oxygen atoms in total. The number of rotatable bonds is 7. The molecule has 0 saturated heterocycles. The third-order valence-corrected chi connectivity index (χ3v) is 6.62. The van der Waals surface area contributed by atoms with E-state index in [9.17, 15) is 4.79 Å². The Kier molecular flexibility index (Phi) is 7.71. The summed E-state index contributed by atoms with van der Waals surface area (Å²) >= 11 is 0. The molecule has 0 saturated carbocycles. The Hall–Kier alpha value is -4.15. The third kappa shape index (κ3) is 5.41. The van der Waals surface area contributed by atoms with Gasteiger partial charge in [-0.25, -0.2) is 19.6 Å². The summed E-state index contributed by atoms with van der Waals surface area (Å²) in [5.74, 6) is 0.425. The van der Waals surface area contributed by atoms with Crippen molar-refractivity contribution in [2.75, 3.05) is 32.5 Å². The molecule has 5 heterocycles. The van der Waals surface area contributed by atoms with Crippen LogP contribution < -0.4 is 5.73 Å². The van der Waals surface area contributed by atoms with Gasteiger partial charge in [-0.15, -0.1) is 0 Å². The van der Waals surface area contributed by atoms with Crippen molar-refractivity contribution in [3.63, 3.8) is 0 Å². The lowest BCUT2D eigenvalue weighted by Gasteiger charge is -2.25. The van der Waals surface area contributed by atoms with Crippen LogP contribution in [0.2, 0.25) is 0 Å². The zero-order chi connectivity index (χ0) is 26.5. The van der Waals surface area contributed by atoms with Crippen molar-refractivity contribution in [3.05, 3.63) is 65.7 Å². The average molecular weight is 513 g/mol. The molecular formula is C28H32N8O2. The maximum atomic E-state index is 9.60. The number of aromatic amines is 1. The number of H-pyrrole nitrogens is 1. The monoisotopic (exact) mass is 512 g/mol. The van der Waals surface area contributed by atoms with Gasteiger partial charge in [0.25, 0.3) is 0 Å². The smallest absolute Gasteiger partial charge is 0.164 e. The number of carbonyl (C=O) groups excluding carboxylic acids is 1. The summed E-state index contributed by atoms with van der Waals surface area (Å²) in [6.45, 7) is 5.89. The lowest BCUT2D eigenvalue weighted by atomic mass is 9.97. The van der Waals surface area contributed by atoms with Crippen molar-refractivity contribution in [2.45, 2.75) is 32.9 Å². The second kappa shape index (κ2) is 11.5. The maximum absolute atomic E-state index is 9.60. The molecule has 10 heteroatoms. The molecule has 0 unspecified atom stereocenters. The Balaban J connectivity index is 0.000000374. The van der Waals surface area contributed by atoms with Gasteiger partial charge in [-0.3, -0.25) is 0 Å². The molecule has 5 aromatic rings. The number of nitrogens with one attached hydrogen (secondary N) is 1. The Morgan fingerprint density at radius 3 is 2.89 bits per heavy atom. The van der Waals surface area contributed by atoms with Crippen LogP contribution in [0.4, 0.5) is 5.82 Å². The summed E-state index contributed by atoms with van der Waals surface area (Å²) < 4.78 is 6.76. The summed E-state index contributed by atoms with van der Waals surface area (Å²) in [5, 5.41) is 6.69. The first-order valence-corrected chi connectivity index (χ1v) is 12.8. The fourth-order valence-corrected chi connectivity index (χ4v) is 4.71. The van der Waals surface area contributed by atoms with Crippen LogP contribution in [0.15, 0.2) is 49.1 Å². The summed E-state index contributed by atoms with van der Waals surface area (Å²) in [6.07, 6.45) is 7.64. The van der Waals surface area contributed by atoms with E-state index >= 15 is 0 Å². The van der Waals surface area contributed by atoms with Crippen molar-refractivity contribution in [1.82, 2.24) is 34.6 Å². The van der Waals surface area contributed by atoms with E-state index < -0.39 is 0 Å². The quantitative estimate of drug-likeness (QED) is 0.250. The molecule has 1 aliphatic rings. The van der Waals surface area contributed by atoms with Crippen molar-refractivity contribution in [2.24, 2.45) is 0 Å². The number of fused-ring (bicyclic) bond motifs is 3. The Bertz CT molecular complexity index is 1560. The van der Waals surface area contributed by atoms with Gasteiger partial charge < -0.3 is 25.1 Å². The van der Waals surface area contributed by atoms with Crippen LogP contribution in [0.5, 0.6) is 0 Å². The predicted molar refractivity (Wildman–Crippen MR) is 148 cm³/mol. The number of hydrogen-bond acceptors (Lipinski definition) is 8. The first-order chi connectivity index (χ1) is 18.6. The predicted octanol–water partition coefficient (Wildman–Crippen LogP) is 3.60. The van der Waals surface area contributed by atoms with Crippen molar-refractivity contribution in [3.8, 4) is 11.3 Å². The number of aromatic nitrogens is 6. The fraction of sp³-hybridized carbons (Fsp3) is 0.321. The number of carbonyl (C=O) groups is 1. The molecule has 38 heavy (non-hydrogen) atoms. The second-order valence-corrected chi connectivity index (χ2v) is 9.35. The van der Waals surface area contributed by atoms with Crippen LogP contribution in [0.1, 0.15) is 30.0 Å². The minimum absolute atomic E-state index is 0.425. The number of nitrogen functional groups attached to an aromatic ring is 1. The van der Waals surface area contributed by atoms with E-state index in [1.165, 1.54) is 23.0 Å². The van der Waals surface area contributed by atoms with E-state index in [0.717, 1.165) is 59.1 Å². The number of benzene rings is 1. The molecule has 0 spiro atoms. The van der Waals surface area contributed by atoms with Crippen LogP contribution >= 0.6 is 0 Å². The highest BCUT2D eigenvalue weighted by atomic mass is 16.5. The SMILES string of the molecule is CCOCCC=O.CN1CCc2cc(Cn3nc(-c4cnc5[nH]ccc5c4)c4c(N)ncnc43)ccc2C1. The number of likely N-dealkylation sites (N-methyl/N-ethyl adjacent to an activating group) is 1. The van der Waals surface area contributed by atoms with E-state index in [-0.39, 0.29) is 0 Å². The zero-order valence-electron chi connectivity index (χ0n) is 21.7. The summed E-state index contributed by atoms with van der Waals surface area (Å²) in [6, 6.07) is 10.8. The van der Waals surface area contributed by atoms with Crippen molar-refractivity contribution >= 4 is 34.2 Å². The number of aldehydes is 1. The number of hydrogen-bond donors (Lipinski definition) is 2. The van der Waals surface area contributed by atoms with Gasteiger partial charge in [0.2, 0.25) is 0 Å². The van der Waals surface area contributed by atoms with Gasteiger partial charge in [-0.1, -0.05) is 18.2 Å². The van der Waals surface area contributed by atoms with Gasteiger partial charge >= 0.3 is 0 Å². The van der Waals surface area contributed by atoms with Crippen LogP contribution in [-0.2, 0) is 29.0 Å². The van der Waals surface area contributed by atoms with Gasteiger partial charge in [-0.05, 0) is 49.2 Å². The number of anilines is 1. The first kappa shape index (κ1) is 25.5. The topological polar surface area (TPSA) is 128 Å². The zero-order valence-corrected chi connectivity index (χ0v) is 21.7. The van der Waals surface area contributed by atoms with E-state index in [2.05, 4.69) is 56.1 Å². The van der Waals surface area contributed by atoms with E-state index in [1.807, 2.05) is 30.1 Å². The Morgan fingerprint density at radius 2 is 2.05 bits per heavy atom.